The van der Waals surface area contributed by atoms with Crippen LogP contribution >= 0.6 is 0 Å². The van der Waals surface area contributed by atoms with E-state index >= 15 is 0 Å². The molecule has 0 bridgehead atoms. The lowest BCUT2D eigenvalue weighted by Gasteiger charge is -2.40. The predicted molar refractivity (Wildman–Crippen MR) is 116 cm³/mol. The maximum absolute atomic E-state index is 13.0. The number of ketones is 1. The Bertz CT molecular complexity index is 796. The number of methoxy groups -OCH3 is 3. The number of amides is 2. The van der Waals surface area contributed by atoms with Crippen LogP contribution in [-0.4, -0.2) is 80.7 Å². The second kappa shape index (κ2) is 9.34. The first kappa shape index (κ1) is 21.7. The summed E-state index contributed by atoms with van der Waals surface area (Å²) in [7, 11) is 4.63. The maximum Gasteiger partial charge on any atom is 0.318 e. The van der Waals surface area contributed by atoms with Gasteiger partial charge in [-0.3, -0.25) is 9.69 Å². The molecule has 0 aromatic heterocycles. The van der Waals surface area contributed by atoms with E-state index < -0.39 is 0 Å². The minimum atomic E-state index is 0.0176. The molecular weight excluding hydrogens is 398 g/mol. The molecule has 31 heavy (non-hydrogen) atoms. The highest BCUT2D eigenvalue weighted by molar-refractivity contribution is 5.98. The SMILES string of the molecule is COc1cc(C(=O)CN2CCC(N3C(=O)NC4CCCCC43)CC2)cc(OC)c1OC. The minimum Gasteiger partial charge on any atom is -0.493 e. The van der Waals surface area contributed by atoms with Crippen molar-refractivity contribution in [2.75, 3.05) is 41.0 Å². The van der Waals surface area contributed by atoms with E-state index in [0.717, 1.165) is 38.8 Å². The van der Waals surface area contributed by atoms with Gasteiger partial charge in [-0.1, -0.05) is 12.8 Å². The van der Waals surface area contributed by atoms with Gasteiger partial charge in [-0.25, -0.2) is 4.79 Å². The molecule has 3 aliphatic rings. The van der Waals surface area contributed by atoms with Gasteiger partial charge in [-0.15, -0.1) is 0 Å². The van der Waals surface area contributed by atoms with Gasteiger partial charge in [0.25, 0.3) is 0 Å². The molecule has 1 N–H and O–H groups in total. The van der Waals surface area contributed by atoms with Crippen LogP contribution in [0.4, 0.5) is 4.79 Å². The van der Waals surface area contributed by atoms with E-state index in [9.17, 15) is 9.59 Å². The first-order valence-corrected chi connectivity index (χ1v) is 11.2. The van der Waals surface area contributed by atoms with Crippen molar-refractivity contribution < 1.29 is 23.8 Å². The van der Waals surface area contributed by atoms with Gasteiger partial charge in [0.2, 0.25) is 5.75 Å². The van der Waals surface area contributed by atoms with Crippen molar-refractivity contribution in [3.63, 3.8) is 0 Å². The van der Waals surface area contributed by atoms with Crippen LogP contribution in [0.25, 0.3) is 0 Å². The smallest absolute Gasteiger partial charge is 0.318 e. The quantitative estimate of drug-likeness (QED) is 0.669. The van der Waals surface area contributed by atoms with E-state index in [4.69, 9.17) is 14.2 Å². The third-order valence-electron chi connectivity index (χ3n) is 6.93. The van der Waals surface area contributed by atoms with Crippen LogP contribution in [-0.2, 0) is 0 Å². The topological polar surface area (TPSA) is 80.3 Å². The lowest BCUT2D eigenvalue weighted by Crippen LogP contribution is -2.50. The Labute approximate surface area is 183 Å². The molecule has 4 rings (SSSR count). The Morgan fingerprint density at radius 3 is 2.26 bits per heavy atom. The number of urea groups is 1. The van der Waals surface area contributed by atoms with Gasteiger partial charge < -0.3 is 24.4 Å². The second-order valence-corrected chi connectivity index (χ2v) is 8.66. The number of nitrogens with one attached hydrogen (secondary N) is 1. The number of hydrogen-bond donors (Lipinski definition) is 1. The highest BCUT2D eigenvalue weighted by Gasteiger charge is 2.44. The molecule has 1 saturated carbocycles. The van der Waals surface area contributed by atoms with Crippen LogP contribution in [0.3, 0.4) is 0 Å². The number of carbonyl (C=O) groups is 2. The summed E-state index contributed by atoms with van der Waals surface area (Å²) in [5, 5.41) is 3.18. The zero-order valence-corrected chi connectivity index (χ0v) is 18.7. The number of rotatable bonds is 7. The molecule has 2 atom stereocenters. The molecule has 8 heteroatoms. The second-order valence-electron chi connectivity index (χ2n) is 8.66. The Morgan fingerprint density at radius 2 is 1.65 bits per heavy atom. The Hall–Kier alpha value is -2.48. The summed E-state index contributed by atoms with van der Waals surface area (Å²) in [5.41, 5.74) is 0.542. The molecule has 1 aliphatic carbocycles. The third kappa shape index (κ3) is 4.31. The van der Waals surface area contributed by atoms with Crippen LogP contribution in [0.1, 0.15) is 48.9 Å². The highest BCUT2D eigenvalue weighted by atomic mass is 16.5. The third-order valence-corrected chi connectivity index (χ3v) is 6.93. The fourth-order valence-electron chi connectivity index (χ4n) is 5.33. The summed E-state index contributed by atoms with van der Waals surface area (Å²) in [6.07, 6.45) is 6.40. The summed E-state index contributed by atoms with van der Waals surface area (Å²) in [5.74, 6) is 1.45. The van der Waals surface area contributed by atoms with Crippen molar-refractivity contribution in [1.29, 1.82) is 0 Å². The van der Waals surface area contributed by atoms with Crippen molar-refractivity contribution >= 4 is 11.8 Å². The molecule has 3 fully saturated rings. The largest absolute Gasteiger partial charge is 0.493 e. The van der Waals surface area contributed by atoms with Crippen LogP contribution in [0, 0.1) is 0 Å². The van der Waals surface area contributed by atoms with E-state index in [-0.39, 0.29) is 17.9 Å². The summed E-state index contributed by atoms with van der Waals surface area (Å²) in [4.78, 5) is 29.8. The van der Waals surface area contributed by atoms with Gasteiger partial charge in [-0.05, 0) is 37.8 Å². The van der Waals surface area contributed by atoms with E-state index in [0.29, 0.717) is 41.4 Å². The van der Waals surface area contributed by atoms with E-state index in [1.54, 1.807) is 33.5 Å². The molecule has 2 amide bonds. The lowest BCUT2D eigenvalue weighted by molar-refractivity contribution is 0.0813. The van der Waals surface area contributed by atoms with Crippen LogP contribution in [0.2, 0.25) is 0 Å². The molecule has 1 aromatic rings. The summed E-state index contributed by atoms with van der Waals surface area (Å²) >= 11 is 0. The van der Waals surface area contributed by atoms with Gasteiger partial charge in [0.1, 0.15) is 0 Å². The number of Topliss-reactive ketones (excluding diaryl/α,β-unsaturated/α-hetero) is 1. The highest BCUT2D eigenvalue weighted by Crippen LogP contribution is 2.38. The van der Waals surface area contributed by atoms with Crippen LogP contribution < -0.4 is 19.5 Å². The maximum atomic E-state index is 13.0. The van der Waals surface area contributed by atoms with Crippen LogP contribution in [0.15, 0.2) is 12.1 Å². The van der Waals surface area contributed by atoms with Gasteiger partial charge in [-0.2, -0.15) is 0 Å². The number of piperidine rings is 1. The van der Waals surface area contributed by atoms with E-state index in [1.807, 2.05) is 0 Å². The van der Waals surface area contributed by atoms with Gasteiger partial charge in [0.15, 0.2) is 17.3 Å². The zero-order chi connectivity index (χ0) is 22.0. The number of likely N-dealkylation sites (tertiary alicyclic amines) is 1. The summed E-state index contributed by atoms with van der Waals surface area (Å²) in [6, 6.07) is 4.44. The Balaban J connectivity index is 1.37. The lowest BCUT2D eigenvalue weighted by atomic mass is 9.89. The molecule has 2 unspecified atom stereocenters. The molecule has 1 aromatic carbocycles. The predicted octanol–water partition coefficient (Wildman–Crippen LogP) is 2.70. The van der Waals surface area contributed by atoms with Crippen molar-refractivity contribution in [3.05, 3.63) is 17.7 Å². The normalized spacial score (nSPS) is 24.5. The van der Waals surface area contributed by atoms with Crippen molar-refractivity contribution in [2.24, 2.45) is 0 Å². The summed E-state index contributed by atoms with van der Waals surface area (Å²) in [6.45, 7) is 1.95. The van der Waals surface area contributed by atoms with Gasteiger partial charge >= 0.3 is 6.03 Å². The fourth-order valence-corrected chi connectivity index (χ4v) is 5.33. The standard InChI is InChI=1S/C23H33N3O5/c1-29-20-12-15(13-21(30-2)22(20)31-3)19(27)14-25-10-8-16(9-11-25)26-18-7-5-4-6-17(18)24-23(26)28/h12-13,16-18H,4-11,14H2,1-3H3,(H,24,28). The molecule has 0 radical (unpaired) electrons. The Kier molecular flexibility index (Phi) is 6.55. The van der Waals surface area contributed by atoms with E-state index in [2.05, 4.69) is 15.1 Å². The molecule has 2 aliphatic heterocycles. The molecule has 170 valence electrons. The number of fused-ring (bicyclic) bond motifs is 1. The monoisotopic (exact) mass is 431 g/mol. The fraction of sp³-hybridized carbons (Fsp3) is 0.652. The van der Waals surface area contributed by atoms with Gasteiger partial charge in [0, 0.05) is 24.7 Å². The average molecular weight is 432 g/mol. The average Bonchev–Trinajstić information content (AvgIpc) is 3.14. The molecule has 0 spiro atoms. The van der Waals surface area contributed by atoms with Crippen molar-refractivity contribution in [1.82, 2.24) is 15.1 Å². The van der Waals surface area contributed by atoms with Gasteiger partial charge in [0.05, 0.1) is 40.0 Å². The molecular formula is C23H33N3O5. The summed E-state index contributed by atoms with van der Waals surface area (Å²) < 4.78 is 16.1. The minimum absolute atomic E-state index is 0.0176. The Morgan fingerprint density at radius 1 is 1.00 bits per heavy atom. The molecule has 8 nitrogen and oxygen atoms in total. The van der Waals surface area contributed by atoms with E-state index in [1.165, 1.54) is 12.8 Å². The number of ether oxygens (including phenoxy) is 3. The number of nitrogens with zero attached hydrogens (tertiary/aromatic N) is 2. The number of benzene rings is 1. The number of carbonyl (C=O) groups excluding carboxylic acids is 2. The molecule has 2 heterocycles. The van der Waals surface area contributed by atoms with Crippen molar-refractivity contribution in [3.8, 4) is 17.2 Å². The first-order valence-electron chi connectivity index (χ1n) is 11.2. The molecule has 2 saturated heterocycles. The zero-order valence-electron chi connectivity index (χ0n) is 18.7. The van der Waals surface area contributed by atoms with Crippen molar-refractivity contribution in [2.45, 2.75) is 56.7 Å². The number of hydrogen-bond acceptors (Lipinski definition) is 6. The van der Waals surface area contributed by atoms with Crippen LogP contribution in [0.5, 0.6) is 17.2 Å². The first-order chi connectivity index (χ1) is 15.0.